The predicted octanol–water partition coefficient (Wildman–Crippen LogP) is 5.05. The fourth-order valence-corrected chi connectivity index (χ4v) is 3.10. The Morgan fingerprint density at radius 1 is 0.885 bits per heavy atom. The van der Waals surface area contributed by atoms with Crippen LogP contribution in [0.15, 0.2) is 72.8 Å². The number of carbonyl (C=O) groups is 1. The summed E-state index contributed by atoms with van der Waals surface area (Å²) in [7, 11) is 0. The van der Waals surface area contributed by atoms with E-state index in [0.717, 1.165) is 27.8 Å². The second-order valence-electron chi connectivity index (χ2n) is 6.54. The Balaban J connectivity index is 1.75. The van der Waals surface area contributed by atoms with Crippen molar-refractivity contribution in [3.05, 3.63) is 89.5 Å². The van der Waals surface area contributed by atoms with Crippen LogP contribution in [-0.2, 0) is 11.2 Å². The fourth-order valence-electron chi connectivity index (χ4n) is 3.10. The van der Waals surface area contributed by atoms with Gasteiger partial charge < -0.3 is 9.84 Å². The SMILES string of the molecule is Cc1cc(C)cc(C[C@@H](Oc2ccc(-c3ccccc3)cc2)C(=O)O)c1. The summed E-state index contributed by atoms with van der Waals surface area (Å²) in [4.78, 5) is 11.6. The lowest BCUT2D eigenvalue weighted by Gasteiger charge is -2.16. The molecule has 1 N–H and O–H groups in total. The summed E-state index contributed by atoms with van der Waals surface area (Å²) in [6.45, 7) is 4.02. The van der Waals surface area contributed by atoms with Gasteiger partial charge in [0.1, 0.15) is 5.75 Å². The van der Waals surface area contributed by atoms with Crippen LogP contribution in [0.4, 0.5) is 0 Å². The number of rotatable bonds is 6. The van der Waals surface area contributed by atoms with Gasteiger partial charge >= 0.3 is 5.97 Å². The van der Waals surface area contributed by atoms with Crippen molar-refractivity contribution < 1.29 is 14.6 Å². The molecule has 1 atom stereocenters. The highest BCUT2D eigenvalue weighted by molar-refractivity contribution is 5.73. The van der Waals surface area contributed by atoms with Gasteiger partial charge in [-0.15, -0.1) is 0 Å². The van der Waals surface area contributed by atoms with Gasteiger partial charge in [-0.1, -0.05) is 71.8 Å². The van der Waals surface area contributed by atoms with Crippen molar-refractivity contribution in [2.24, 2.45) is 0 Å². The highest BCUT2D eigenvalue weighted by Gasteiger charge is 2.20. The molecule has 3 heteroatoms. The summed E-state index contributed by atoms with van der Waals surface area (Å²) in [5.74, 6) is -0.405. The Labute approximate surface area is 153 Å². The van der Waals surface area contributed by atoms with E-state index in [2.05, 4.69) is 6.07 Å². The zero-order valence-corrected chi connectivity index (χ0v) is 15.0. The van der Waals surface area contributed by atoms with E-state index in [1.165, 1.54) is 0 Å². The lowest BCUT2D eigenvalue weighted by molar-refractivity contribution is -0.145. The third-order valence-electron chi connectivity index (χ3n) is 4.22. The molecule has 3 nitrogen and oxygen atoms in total. The van der Waals surface area contributed by atoms with Crippen molar-refractivity contribution in [3.8, 4) is 16.9 Å². The summed E-state index contributed by atoms with van der Waals surface area (Å²) in [6.07, 6.45) is -0.586. The van der Waals surface area contributed by atoms with Crippen LogP contribution in [0.1, 0.15) is 16.7 Å². The molecule has 0 fully saturated rings. The molecule has 0 aliphatic carbocycles. The van der Waals surface area contributed by atoms with Gasteiger partial charge in [-0.3, -0.25) is 0 Å². The monoisotopic (exact) mass is 346 g/mol. The zero-order valence-electron chi connectivity index (χ0n) is 15.0. The number of benzene rings is 3. The van der Waals surface area contributed by atoms with Crippen molar-refractivity contribution in [3.63, 3.8) is 0 Å². The molecule has 0 radical (unpaired) electrons. The average molecular weight is 346 g/mol. The molecule has 3 rings (SSSR count). The fraction of sp³-hybridized carbons (Fsp3) is 0.174. The van der Waals surface area contributed by atoms with Crippen molar-refractivity contribution in [2.75, 3.05) is 0 Å². The van der Waals surface area contributed by atoms with Gasteiger partial charge in [-0.25, -0.2) is 4.79 Å². The van der Waals surface area contributed by atoms with Gasteiger partial charge in [0, 0.05) is 6.42 Å². The Hall–Kier alpha value is -3.07. The second-order valence-corrected chi connectivity index (χ2v) is 6.54. The van der Waals surface area contributed by atoms with Crippen LogP contribution >= 0.6 is 0 Å². The molecule has 0 bridgehead atoms. The van der Waals surface area contributed by atoms with Crippen molar-refractivity contribution >= 4 is 5.97 Å². The molecular weight excluding hydrogens is 324 g/mol. The molecule has 0 saturated carbocycles. The first-order valence-corrected chi connectivity index (χ1v) is 8.63. The number of carboxylic acids is 1. The summed E-state index contributed by atoms with van der Waals surface area (Å²) >= 11 is 0. The molecular formula is C23H22O3. The lowest BCUT2D eigenvalue weighted by Crippen LogP contribution is -2.29. The number of aliphatic carboxylic acids is 1. The molecule has 0 saturated heterocycles. The first-order chi connectivity index (χ1) is 12.5. The second kappa shape index (κ2) is 7.87. The van der Waals surface area contributed by atoms with E-state index in [1.54, 1.807) is 0 Å². The van der Waals surface area contributed by atoms with Gasteiger partial charge in [0.25, 0.3) is 0 Å². The molecule has 0 aromatic heterocycles. The van der Waals surface area contributed by atoms with E-state index >= 15 is 0 Å². The van der Waals surface area contributed by atoms with Gasteiger partial charge in [0.2, 0.25) is 0 Å². The first kappa shape index (κ1) is 17.7. The summed E-state index contributed by atoms with van der Waals surface area (Å²) in [5, 5.41) is 9.54. The maximum absolute atomic E-state index is 11.6. The minimum Gasteiger partial charge on any atom is -0.478 e. The van der Waals surface area contributed by atoms with E-state index in [1.807, 2.05) is 80.6 Å². The van der Waals surface area contributed by atoms with E-state index in [-0.39, 0.29) is 0 Å². The molecule has 132 valence electrons. The Bertz CT molecular complexity index is 863. The predicted molar refractivity (Wildman–Crippen MR) is 104 cm³/mol. The normalized spacial score (nSPS) is 11.8. The summed E-state index contributed by atoms with van der Waals surface area (Å²) in [5.41, 5.74) is 5.40. The van der Waals surface area contributed by atoms with E-state index in [4.69, 9.17) is 4.74 Å². The largest absolute Gasteiger partial charge is 0.478 e. The standard InChI is InChI=1S/C23H22O3/c1-16-12-17(2)14-18(13-16)15-22(23(24)25)26-21-10-8-20(9-11-21)19-6-4-3-5-7-19/h3-14,22H,15H2,1-2H3,(H,24,25)/t22-/m1/s1. The van der Waals surface area contributed by atoms with E-state index < -0.39 is 12.1 Å². The van der Waals surface area contributed by atoms with Crippen LogP contribution in [0.25, 0.3) is 11.1 Å². The van der Waals surface area contributed by atoms with Crippen LogP contribution in [0.3, 0.4) is 0 Å². The molecule has 0 unspecified atom stereocenters. The third-order valence-corrected chi connectivity index (χ3v) is 4.22. The van der Waals surface area contributed by atoms with Crippen LogP contribution in [0.2, 0.25) is 0 Å². The van der Waals surface area contributed by atoms with Crippen LogP contribution < -0.4 is 4.74 Å². The van der Waals surface area contributed by atoms with E-state index in [0.29, 0.717) is 12.2 Å². The maximum Gasteiger partial charge on any atom is 0.345 e. The quantitative estimate of drug-likeness (QED) is 0.680. The molecule has 3 aromatic rings. The van der Waals surface area contributed by atoms with Crippen molar-refractivity contribution in [1.82, 2.24) is 0 Å². The first-order valence-electron chi connectivity index (χ1n) is 8.63. The van der Waals surface area contributed by atoms with Gasteiger partial charge in [0.15, 0.2) is 6.10 Å². The van der Waals surface area contributed by atoms with Crippen LogP contribution in [0.5, 0.6) is 5.75 Å². The average Bonchev–Trinajstić information content (AvgIpc) is 2.61. The smallest absolute Gasteiger partial charge is 0.345 e. The number of aryl methyl sites for hydroxylation is 2. The topological polar surface area (TPSA) is 46.5 Å². The lowest BCUT2D eigenvalue weighted by atomic mass is 10.0. The molecule has 26 heavy (non-hydrogen) atoms. The number of hydrogen-bond donors (Lipinski definition) is 1. The van der Waals surface area contributed by atoms with E-state index in [9.17, 15) is 9.90 Å². The van der Waals surface area contributed by atoms with Gasteiger partial charge in [-0.2, -0.15) is 0 Å². The van der Waals surface area contributed by atoms with Crippen LogP contribution in [0, 0.1) is 13.8 Å². The summed E-state index contributed by atoms with van der Waals surface area (Å²) < 4.78 is 5.75. The van der Waals surface area contributed by atoms with Gasteiger partial charge in [-0.05, 0) is 42.7 Å². The number of carboxylic acid groups (broad SMARTS) is 1. The Kier molecular flexibility index (Phi) is 5.37. The number of ether oxygens (including phenoxy) is 1. The molecule has 0 aliphatic heterocycles. The maximum atomic E-state index is 11.6. The highest BCUT2D eigenvalue weighted by atomic mass is 16.5. The molecule has 0 spiro atoms. The van der Waals surface area contributed by atoms with Crippen molar-refractivity contribution in [1.29, 1.82) is 0 Å². The Morgan fingerprint density at radius 2 is 1.46 bits per heavy atom. The molecule has 0 aliphatic rings. The number of hydrogen-bond acceptors (Lipinski definition) is 2. The minimum atomic E-state index is -0.962. The zero-order chi connectivity index (χ0) is 18.5. The van der Waals surface area contributed by atoms with Crippen molar-refractivity contribution in [2.45, 2.75) is 26.4 Å². The molecule has 3 aromatic carbocycles. The van der Waals surface area contributed by atoms with Gasteiger partial charge in [0.05, 0.1) is 0 Å². The Morgan fingerprint density at radius 3 is 2.04 bits per heavy atom. The molecule has 0 amide bonds. The highest BCUT2D eigenvalue weighted by Crippen LogP contribution is 2.23. The third kappa shape index (κ3) is 4.51. The summed E-state index contributed by atoms with van der Waals surface area (Å²) in [6, 6.07) is 23.6. The molecule has 0 heterocycles. The van der Waals surface area contributed by atoms with Crippen LogP contribution in [-0.4, -0.2) is 17.2 Å². The minimum absolute atomic E-state index is 0.332.